The topological polar surface area (TPSA) is 46.6 Å². The van der Waals surface area contributed by atoms with Crippen LogP contribution in [0.5, 0.6) is 0 Å². The lowest BCUT2D eigenvalue weighted by atomic mass is 10.1. The number of Topliss-reactive ketones (excluding diaryl/α,β-unsaturated/α-hetero) is 1. The Morgan fingerprint density at radius 3 is 2.36 bits per heavy atom. The summed E-state index contributed by atoms with van der Waals surface area (Å²) < 4.78 is 4.82. The summed E-state index contributed by atoms with van der Waals surface area (Å²) >= 11 is 1.56. The second-order valence-electron chi connectivity index (χ2n) is 5.95. The van der Waals surface area contributed by atoms with Gasteiger partial charge >= 0.3 is 5.97 Å². The molecule has 25 heavy (non-hydrogen) atoms. The molecular weight excluding hydrogens is 334 g/mol. The number of ether oxygens (including phenoxy) is 1. The normalized spacial score (nSPS) is 16.1. The van der Waals surface area contributed by atoms with Crippen LogP contribution in [0.15, 0.2) is 52.7 Å². The predicted molar refractivity (Wildman–Crippen MR) is 100 cm³/mol. The molecule has 128 valence electrons. The third kappa shape index (κ3) is 3.03. The number of benzene rings is 1. The Morgan fingerprint density at radius 1 is 1.12 bits per heavy atom. The zero-order valence-corrected chi connectivity index (χ0v) is 15.4. The number of carbonyl (C=O) groups excluding carboxylic acids is 2. The summed E-state index contributed by atoms with van der Waals surface area (Å²) in [6.45, 7) is 5.78. The van der Waals surface area contributed by atoms with E-state index in [4.69, 9.17) is 4.74 Å². The largest absolute Gasteiger partial charge is 0.465 e. The average Bonchev–Trinajstić information content (AvgIpc) is 3.10. The molecule has 0 saturated heterocycles. The highest BCUT2D eigenvalue weighted by Gasteiger charge is 2.38. The van der Waals surface area contributed by atoms with Crippen molar-refractivity contribution in [1.82, 2.24) is 0 Å². The first-order valence-corrected chi connectivity index (χ1v) is 8.78. The standard InChI is InChI=1S/C20H19NO3S/c1-12-5-7-15(8-6-12)21-14(3)18(20(23)24-4)19(22)16(21)11-17-13(2)9-10-25-17/h5-11H,1-4H3/b16-11+. The fourth-order valence-electron chi connectivity index (χ4n) is 2.84. The minimum atomic E-state index is -0.606. The summed E-state index contributed by atoms with van der Waals surface area (Å²) in [5.74, 6) is -0.913. The molecule has 0 amide bonds. The van der Waals surface area contributed by atoms with Crippen LogP contribution in [0.25, 0.3) is 6.08 Å². The van der Waals surface area contributed by atoms with Gasteiger partial charge in [-0.25, -0.2) is 4.79 Å². The van der Waals surface area contributed by atoms with Crippen LogP contribution in [0.2, 0.25) is 0 Å². The number of hydrogen-bond donors (Lipinski definition) is 0. The zero-order valence-electron chi connectivity index (χ0n) is 14.6. The number of methoxy groups -OCH3 is 1. The van der Waals surface area contributed by atoms with Crippen molar-refractivity contribution in [2.75, 3.05) is 12.0 Å². The first-order valence-electron chi connectivity index (χ1n) is 7.90. The van der Waals surface area contributed by atoms with Crippen LogP contribution in [0.1, 0.15) is 22.9 Å². The van der Waals surface area contributed by atoms with Crippen LogP contribution in [-0.4, -0.2) is 18.9 Å². The SMILES string of the molecule is COC(=O)C1=C(C)N(c2ccc(C)cc2)/C(=C/c2sccc2C)C1=O. The van der Waals surface area contributed by atoms with Crippen molar-refractivity contribution in [2.24, 2.45) is 0 Å². The summed E-state index contributed by atoms with van der Waals surface area (Å²) in [6, 6.07) is 9.87. The Hall–Kier alpha value is -2.66. The van der Waals surface area contributed by atoms with Crippen LogP contribution in [0, 0.1) is 13.8 Å². The molecule has 2 heterocycles. The van der Waals surface area contributed by atoms with E-state index < -0.39 is 5.97 Å². The molecule has 3 rings (SSSR count). The number of anilines is 1. The Morgan fingerprint density at radius 2 is 1.80 bits per heavy atom. The minimum Gasteiger partial charge on any atom is -0.465 e. The molecule has 4 nitrogen and oxygen atoms in total. The molecule has 1 aromatic heterocycles. The molecule has 2 aromatic rings. The zero-order chi connectivity index (χ0) is 18.1. The maximum absolute atomic E-state index is 12.9. The number of nitrogens with zero attached hydrogens (tertiary/aromatic N) is 1. The van der Waals surface area contributed by atoms with E-state index in [-0.39, 0.29) is 11.4 Å². The van der Waals surface area contributed by atoms with Gasteiger partial charge in [0.2, 0.25) is 5.78 Å². The number of ketones is 1. The lowest BCUT2D eigenvalue weighted by molar-refractivity contribution is -0.137. The van der Waals surface area contributed by atoms with Gasteiger partial charge in [-0.1, -0.05) is 17.7 Å². The van der Waals surface area contributed by atoms with Crippen molar-refractivity contribution < 1.29 is 14.3 Å². The average molecular weight is 353 g/mol. The molecule has 0 spiro atoms. The first-order chi connectivity index (χ1) is 11.9. The monoisotopic (exact) mass is 353 g/mol. The highest BCUT2D eigenvalue weighted by molar-refractivity contribution is 7.11. The van der Waals surface area contributed by atoms with E-state index in [0.29, 0.717) is 11.4 Å². The van der Waals surface area contributed by atoms with Gasteiger partial charge in [0, 0.05) is 16.3 Å². The van der Waals surface area contributed by atoms with E-state index in [9.17, 15) is 9.59 Å². The number of esters is 1. The number of allylic oxidation sites excluding steroid dienone is 2. The van der Waals surface area contributed by atoms with Crippen molar-refractivity contribution in [3.05, 3.63) is 68.7 Å². The van der Waals surface area contributed by atoms with Crippen molar-refractivity contribution in [3.63, 3.8) is 0 Å². The molecule has 0 bridgehead atoms. The lowest BCUT2D eigenvalue weighted by Crippen LogP contribution is -2.18. The summed E-state index contributed by atoms with van der Waals surface area (Å²) in [7, 11) is 1.29. The van der Waals surface area contributed by atoms with Crippen LogP contribution in [-0.2, 0) is 14.3 Å². The molecule has 0 saturated carbocycles. The van der Waals surface area contributed by atoms with Crippen molar-refractivity contribution in [3.8, 4) is 0 Å². The Balaban J connectivity index is 2.17. The summed E-state index contributed by atoms with van der Waals surface area (Å²) in [4.78, 5) is 27.9. The second-order valence-corrected chi connectivity index (χ2v) is 6.90. The van der Waals surface area contributed by atoms with Gasteiger partial charge in [-0.15, -0.1) is 11.3 Å². The Labute approximate surface area is 151 Å². The molecule has 0 fully saturated rings. The fourth-order valence-corrected chi connectivity index (χ4v) is 3.69. The molecule has 0 unspecified atom stereocenters. The molecule has 1 aromatic carbocycles. The van der Waals surface area contributed by atoms with Gasteiger partial charge in [0.25, 0.3) is 0 Å². The molecule has 0 N–H and O–H groups in total. The maximum atomic E-state index is 12.9. The van der Waals surface area contributed by atoms with Crippen molar-refractivity contribution >= 4 is 34.9 Å². The maximum Gasteiger partial charge on any atom is 0.343 e. The lowest BCUT2D eigenvalue weighted by Gasteiger charge is -2.21. The van der Waals surface area contributed by atoms with Crippen molar-refractivity contribution in [2.45, 2.75) is 20.8 Å². The molecule has 0 atom stereocenters. The third-order valence-corrected chi connectivity index (χ3v) is 5.21. The smallest absolute Gasteiger partial charge is 0.343 e. The second kappa shape index (κ2) is 6.69. The fraction of sp³-hybridized carbons (Fsp3) is 0.200. The van der Waals surface area contributed by atoms with Gasteiger partial charge in [0.1, 0.15) is 5.57 Å². The van der Waals surface area contributed by atoms with Crippen LogP contribution in [0.3, 0.4) is 0 Å². The molecular formula is C20H19NO3S. The Kier molecular flexibility index (Phi) is 4.59. The molecule has 1 aliphatic rings. The van der Waals surface area contributed by atoms with E-state index >= 15 is 0 Å². The van der Waals surface area contributed by atoms with Gasteiger partial charge in [-0.05, 0) is 56.0 Å². The summed E-state index contributed by atoms with van der Waals surface area (Å²) in [5.41, 5.74) is 4.20. The quantitative estimate of drug-likeness (QED) is 0.470. The van der Waals surface area contributed by atoms with Crippen LogP contribution in [0.4, 0.5) is 5.69 Å². The van der Waals surface area contributed by atoms with E-state index in [1.807, 2.05) is 60.5 Å². The van der Waals surface area contributed by atoms with Gasteiger partial charge in [-0.3, -0.25) is 4.79 Å². The molecule has 0 aliphatic carbocycles. The number of thiophene rings is 1. The Bertz CT molecular complexity index is 903. The molecule has 5 heteroatoms. The van der Waals surface area contributed by atoms with E-state index in [2.05, 4.69) is 0 Å². The number of hydrogen-bond acceptors (Lipinski definition) is 5. The van der Waals surface area contributed by atoms with Crippen LogP contribution < -0.4 is 4.90 Å². The van der Waals surface area contributed by atoms with Crippen LogP contribution >= 0.6 is 11.3 Å². The highest BCUT2D eigenvalue weighted by atomic mass is 32.1. The van der Waals surface area contributed by atoms with Crippen molar-refractivity contribution in [1.29, 1.82) is 0 Å². The minimum absolute atomic E-state index is 0.0866. The van der Waals surface area contributed by atoms with Gasteiger partial charge < -0.3 is 9.64 Å². The first kappa shape index (κ1) is 17.2. The highest BCUT2D eigenvalue weighted by Crippen LogP contribution is 2.36. The predicted octanol–water partition coefficient (Wildman–Crippen LogP) is 4.24. The molecule has 1 aliphatic heterocycles. The number of carbonyl (C=O) groups is 2. The summed E-state index contributed by atoms with van der Waals surface area (Å²) in [6.07, 6.45) is 1.85. The van der Waals surface area contributed by atoms with Gasteiger partial charge in [0.15, 0.2) is 0 Å². The number of aryl methyl sites for hydroxylation is 2. The van der Waals surface area contributed by atoms with E-state index in [1.165, 1.54) is 7.11 Å². The number of rotatable bonds is 3. The van der Waals surface area contributed by atoms with E-state index in [0.717, 1.165) is 21.7 Å². The van der Waals surface area contributed by atoms with E-state index in [1.54, 1.807) is 18.3 Å². The molecule has 0 radical (unpaired) electrons. The third-order valence-electron chi connectivity index (χ3n) is 4.25. The van der Waals surface area contributed by atoms with Gasteiger partial charge in [0.05, 0.1) is 12.8 Å². The summed E-state index contributed by atoms with van der Waals surface area (Å²) in [5, 5.41) is 1.98. The van der Waals surface area contributed by atoms with Gasteiger partial charge in [-0.2, -0.15) is 0 Å².